The van der Waals surface area contributed by atoms with Crippen LogP contribution in [-0.2, 0) is 30.3 Å². The monoisotopic (exact) mass is 461 g/mol. The molecule has 0 spiro atoms. The maximum Gasteiger partial charge on any atom is 0.354 e. The largest absolute Gasteiger partial charge is 0.389 e. The highest BCUT2D eigenvalue weighted by atomic mass is 16.6. The Morgan fingerprint density at radius 3 is 2.67 bits per heavy atom. The summed E-state index contributed by atoms with van der Waals surface area (Å²) in [6.07, 6.45) is 0.126. The van der Waals surface area contributed by atoms with E-state index in [-0.39, 0.29) is 31.8 Å². The van der Waals surface area contributed by atoms with Crippen LogP contribution in [0.15, 0.2) is 30.3 Å². The topological polar surface area (TPSA) is 163 Å². The van der Waals surface area contributed by atoms with Crippen LogP contribution in [-0.4, -0.2) is 84.3 Å². The molecule has 0 aliphatic carbocycles. The maximum absolute atomic E-state index is 12.9. The number of benzene rings is 1. The fourth-order valence-corrected chi connectivity index (χ4v) is 3.96. The standard InChI is InChI=1S/C22H31N5O6/c23-13-18(29)27-12-11-24-16(14-27)20(31)33-21(32)22(9-4-10-25-22)26-19(30)17(28)8-7-15-5-2-1-3-6-15/h1-3,5-6,16-17,24-25,28H,4,7-14,23H2,(H,26,30)/t16?,17?,22-/m1/s1. The Kier molecular flexibility index (Phi) is 8.50. The van der Waals surface area contributed by atoms with Gasteiger partial charge in [0.25, 0.3) is 5.91 Å². The van der Waals surface area contributed by atoms with Gasteiger partial charge in [-0.05, 0) is 37.8 Å². The molecular weight excluding hydrogens is 430 g/mol. The number of carbonyl (C=O) groups excluding carboxylic acids is 4. The van der Waals surface area contributed by atoms with E-state index in [0.29, 0.717) is 32.5 Å². The average Bonchev–Trinajstić information content (AvgIpc) is 3.32. The third-order valence-electron chi connectivity index (χ3n) is 5.87. The Bertz CT molecular complexity index is 858. The first kappa shape index (κ1) is 24.8. The number of amides is 2. The lowest BCUT2D eigenvalue weighted by Crippen LogP contribution is -2.64. The Morgan fingerprint density at radius 2 is 2.00 bits per heavy atom. The Hall–Kier alpha value is -2.86. The van der Waals surface area contributed by atoms with E-state index in [0.717, 1.165) is 5.56 Å². The predicted octanol–water partition coefficient (Wildman–Crippen LogP) is -2.00. The molecule has 2 amide bonds. The van der Waals surface area contributed by atoms with Crippen LogP contribution in [0.1, 0.15) is 24.8 Å². The number of nitrogens with zero attached hydrogens (tertiary/aromatic N) is 1. The molecule has 1 aromatic rings. The van der Waals surface area contributed by atoms with Crippen molar-refractivity contribution >= 4 is 23.8 Å². The zero-order chi connectivity index (χ0) is 23.8. The van der Waals surface area contributed by atoms with Crippen LogP contribution in [0.2, 0.25) is 0 Å². The van der Waals surface area contributed by atoms with Crippen molar-refractivity contribution in [2.24, 2.45) is 5.73 Å². The van der Waals surface area contributed by atoms with Gasteiger partial charge in [-0.1, -0.05) is 30.3 Å². The molecule has 11 heteroatoms. The summed E-state index contributed by atoms with van der Waals surface area (Å²) in [5.74, 6) is -2.81. The molecule has 33 heavy (non-hydrogen) atoms. The lowest BCUT2D eigenvalue weighted by molar-refractivity contribution is -0.169. The number of nitrogens with one attached hydrogen (secondary N) is 3. The number of carbonyl (C=O) groups is 4. The van der Waals surface area contributed by atoms with Crippen LogP contribution in [0.25, 0.3) is 0 Å². The van der Waals surface area contributed by atoms with Gasteiger partial charge >= 0.3 is 11.9 Å². The summed E-state index contributed by atoms with van der Waals surface area (Å²) < 4.78 is 5.08. The Labute approximate surface area is 192 Å². The molecule has 0 saturated carbocycles. The van der Waals surface area contributed by atoms with E-state index in [2.05, 4.69) is 16.0 Å². The average molecular weight is 462 g/mol. The van der Waals surface area contributed by atoms with Gasteiger partial charge in [-0.3, -0.25) is 14.9 Å². The van der Waals surface area contributed by atoms with Crippen molar-refractivity contribution in [2.75, 3.05) is 32.7 Å². The van der Waals surface area contributed by atoms with Crippen LogP contribution < -0.4 is 21.7 Å². The minimum Gasteiger partial charge on any atom is -0.389 e. The number of nitrogens with two attached hydrogens (primary N) is 1. The minimum atomic E-state index is -1.60. The first-order valence-corrected chi connectivity index (χ1v) is 11.1. The lowest BCUT2D eigenvalue weighted by Gasteiger charge is -2.33. The molecule has 2 aliphatic rings. The van der Waals surface area contributed by atoms with E-state index in [1.54, 1.807) is 0 Å². The highest BCUT2D eigenvalue weighted by Crippen LogP contribution is 2.20. The minimum absolute atomic E-state index is 0.0349. The second kappa shape index (κ2) is 11.3. The van der Waals surface area contributed by atoms with Crippen LogP contribution in [0.4, 0.5) is 0 Å². The Balaban J connectivity index is 1.57. The number of aliphatic hydroxyl groups excluding tert-OH is 1. The van der Waals surface area contributed by atoms with Crippen molar-refractivity contribution in [3.05, 3.63) is 35.9 Å². The molecule has 1 aromatic carbocycles. The summed E-state index contributed by atoms with van der Waals surface area (Å²) >= 11 is 0. The van der Waals surface area contributed by atoms with Crippen LogP contribution in [0.5, 0.6) is 0 Å². The van der Waals surface area contributed by atoms with Crippen molar-refractivity contribution < 1.29 is 29.0 Å². The second-order valence-electron chi connectivity index (χ2n) is 8.22. The molecule has 2 unspecified atom stereocenters. The molecular formula is C22H31N5O6. The highest BCUT2D eigenvalue weighted by Gasteiger charge is 2.46. The summed E-state index contributed by atoms with van der Waals surface area (Å²) in [6.45, 7) is 1.05. The van der Waals surface area contributed by atoms with Crippen LogP contribution >= 0.6 is 0 Å². The molecule has 180 valence electrons. The molecule has 3 rings (SSSR count). The van der Waals surface area contributed by atoms with Gasteiger partial charge < -0.3 is 31.1 Å². The Morgan fingerprint density at radius 1 is 1.24 bits per heavy atom. The first-order valence-electron chi connectivity index (χ1n) is 11.1. The van der Waals surface area contributed by atoms with E-state index in [9.17, 15) is 24.3 Å². The number of rotatable bonds is 8. The van der Waals surface area contributed by atoms with E-state index >= 15 is 0 Å². The molecule has 11 nitrogen and oxygen atoms in total. The molecule has 3 atom stereocenters. The summed E-state index contributed by atoms with van der Waals surface area (Å²) in [7, 11) is 0. The van der Waals surface area contributed by atoms with Gasteiger partial charge in [0.15, 0.2) is 5.66 Å². The SMILES string of the molecule is NCC(=O)N1CCNC(C(=O)OC(=O)[C@]2(NC(=O)C(O)CCc3ccccc3)CCCN2)C1. The van der Waals surface area contributed by atoms with Crippen molar-refractivity contribution in [1.29, 1.82) is 0 Å². The van der Waals surface area contributed by atoms with Crippen LogP contribution in [0, 0.1) is 0 Å². The molecule has 0 bridgehead atoms. The normalized spacial score (nSPS) is 23.6. The zero-order valence-corrected chi connectivity index (χ0v) is 18.4. The fraction of sp³-hybridized carbons (Fsp3) is 0.545. The van der Waals surface area contributed by atoms with Gasteiger partial charge in [0, 0.05) is 19.6 Å². The molecule has 0 aromatic heterocycles. The number of hydrogen-bond donors (Lipinski definition) is 5. The maximum atomic E-state index is 12.9. The summed E-state index contributed by atoms with van der Waals surface area (Å²) in [4.78, 5) is 51.3. The van der Waals surface area contributed by atoms with Crippen molar-refractivity contribution in [1.82, 2.24) is 20.9 Å². The van der Waals surface area contributed by atoms with Gasteiger partial charge in [0.05, 0.1) is 6.54 Å². The third kappa shape index (κ3) is 6.35. The zero-order valence-electron chi connectivity index (χ0n) is 18.4. The number of piperazine rings is 1. The predicted molar refractivity (Wildman–Crippen MR) is 117 cm³/mol. The molecule has 2 saturated heterocycles. The van der Waals surface area contributed by atoms with E-state index in [4.69, 9.17) is 10.5 Å². The van der Waals surface area contributed by atoms with Crippen molar-refractivity contribution in [3.63, 3.8) is 0 Å². The molecule has 6 N–H and O–H groups in total. The lowest BCUT2D eigenvalue weighted by atomic mass is 10.0. The molecule has 0 radical (unpaired) electrons. The first-order chi connectivity index (χ1) is 15.8. The van der Waals surface area contributed by atoms with Gasteiger partial charge in [0.1, 0.15) is 12.1 Å². The highest BCUT2D eigenvalue weighted by molar-refractivity contribution is 5.96. The fourth-order valence-electron chi connectivity index (χ4n) is 3.96. The summed E-state index contributed by atoms with van der Waals surface area (Å²) in [5, 5.41) is 18.7. The number of aryl methyl sites for hydroxylation is 1. The van der Waals surface area contributed by atoms with Crippen molar-refractivity contribution in [3.8, 4) is 0 Å². The van der Waals surface area contributed by atoms with Crippen molar-refractivity contribution in [2.45, 2.75) is 43.5 Å². The quantitative estimate of drug-likeness (QED) is 0.218. The van der Waals surface area contributed by atoms with Gasteiger partial charge in [-0.2, -0.15) is 0 Å². The third-order valence-corrected chi connectivity index (χ3v) is 5.87. The number of ether oxygens (including phenoxy) is 1. The van der Waals surface area contributed by atoms with E-state index in [1.165, 1.54) is 4.90 Å². The van der Waals surface area contributed by atoms with E-state index < -0.39 is 35.7 Å². The number of aliphatic hydroxyl groups is 1. The summed E-state index contributed by atoms with van der Waals surface area (Å²) in [6, 6.07) is 8.54. The second-order valence-corrected chi connectivity index (χ2v) is 8.22. The molecule has 2 fully saturated rings. The van der Waals surface area contributed by atoms with Gasteiger partial charge in [0.2, 0.25) is 5.91 Å². The molecule has 2 aliphatic heterocycles. The smallest absolute Gasteiger partial charge is 0.354 e. The van der Waals surface area contributed by atoms with E-state index in [1.807, 2.05) is 30.3 Å². The van der Waals surface area contributed by atoms with Crippen LogP contribution in [0.3, 0.4) is 0 Å². The molecule has 2 heterocycles. The summed E-state index contributed by atoms with van der Waals surface area (Å²) in [5.41, 5.74) is 4.76. The van der Waals surface area contributed by atoms with Gasteiger partial charge in [-0.25, -0.2) is 9.59 Å². The number of hydrogen-bond acceptors (Lipinski definition) is 9. The number of esters is 2. The van der Waals surface area contributed by atoms with Gasteiger partial charge in [-0.15, -0.1) is 0 Å².